The lowest BCUT2D eigenvalue weighted by Gasteiger charge is -2.43. The van der Waals surface area contributed by atoms with E-state index in [2.05, 4.69) is 25.2 Å². The van der Waals surface area contributed by atoms with Crippen LogP contribution in [0.25, 0.3) is 0 Å². The summed E-state index contributed by atoms with van der Waals surface area (Å²) in [5.74, 6) is 1.02. The average molecular weight is 245 g/mol. The Labute approximate surface area is 109 Å². The molecule has 2 N–H and O–H groups in total. The van der Waals surface area contributed by atoms with E-state index in [0.29, 0.717) is 17.7 Å². The Balaban J connectivity index is 2.16. The molecule has 2 aliphatic rings. The van der Waals surface area contributed by atoms with Gasteiger partial charge in [-0.15, -0.1) is 0 Å². The predicted molar refractivity (Wildman–Crippen MR) is 74.1 cm³/mol. The zero-order valence-electron chi connectivity index (χ0n) is 11.4. The van der Waals surface area contributed by atoms with Crippen molar-refractivity contribution in [2.24, 2.45) is 0 Å². The number of hydrogen-bond acceptors (Lipinski definition) is 2. The fourth-order valence-corrected chi connectivity index (χ4v) is 4.24. The highest BCUT2D eigenvalue weighted by Crippen LogP contribution is 2.50. The van der Waals surface area contributed by atoms with E-state index in [1.807, 2.05) is 12.1 Å². The summed E-state index contributed by atoms with van der Waals surface area (Å²) in [5, 5.41) is 13.6. The Morgan fingerprint density at radius 2 is 2.28 bits per heavy atom. The number of phenols is 1. The molecule has 2 heteroatoms. The Morgan fingerprint density at radius 3 is 3.06 bits per heavy atom. The first kappa shape index (κ1) is 12.0. The summed E-state index contributed by atoms with van der Waals surface area (Å²) in [6, 6.07) is 6.61. The Hall–Kier alpha value is -1.02. The average Bonchev–Trinajstić information content (AvgIpc) is 2.74. The van der Waals surface area contributed by atoms with Gasteiger partial charge < -0.3 is 10.4 Å². The predicted octanol–water partition coefficient (Wildman–Crippen LogP) is 3.30. The summed E-state index contributed by atoms with van der Waals surface area (Å²) in [6.45, 7) is 5.70. The first-order valence-corrected chi connectivity index (χ1v) is 7.24. The summed E-state index contributed by atoms with van der Waals surface area (Å²) in [6.07, 6.45) is 4.89. The van der Waals surface area contributed by atoms with Crippen LogP contribution in [0.2, 0.25) is 0 Å². The standard InChI is InChI=1S/C16H23NO/c1-3-6-16-7-8-17-15(16)9-11(2)13-5-4-12(18)10-14(13)16/h4-5,10-11,15,17-18H,3,6-9H2,1-2H3. The van der Waals surface area contributed by atoms with E-state index in [1.165, 1.54) is 36.8 Å². The molecule has 0 radical (unpaired) electrons. The van der Waals surface area contributed by atoms with Crippen molar-refractivity contribution in [2.75, 3.05) is 6.54 Å². The molecule has 0 bridgehead atoms. The zero-order chi connectivity index (χ0) is 12.8. The molecule has 0 aromatic heterocycles. The largest absolute Gasteiger partial charge is 0.508 e. The SMILES string of the molecule is CCCC12CCNC1CC(C)c1ccc(O)cc12. The molecular formula is C16H23NO. The minimum absolute atomic E-state index is 0.273. The third-order valence-corrected chi connectivity index (χ3v) is 5.02. The zero-order valence-corrected chi connectivity index (χ0v) is 11.4. The molecule has 0 amide bonds. The highest BCUT2D eigenvalue weighted by atomic mass is 16.3. The molecule has 1 aliphatic carbocycles. The first-order valence-electron chi connectivity index (χ1n) is 7.24. The minimum Gasteiger partial charge on any atom is -0.508 e. The maximum absolute atomic E-state index is 9.86. The van der Waals surface area contributed by atoms with Crippen molar-refractivity contribution < 1.29 is 5.11 Å². The van der Waals surface area contributed by atoms with Gasteiger partial charge in [-0.3, -0.25) is 0 Å². The van der Waals surface area contributed by atoms with E-state index in [1.54, 1.807) is 0 Å². The Bertz CT molecular complexity index is 456. The van der Waals surface area contributed by atoms with Crippen LogP contribution in [-0.2, 0) is 5.41 Å². The second kappa shape index (κ2) is 4.27. The van der Waals surface area contributed by atoms with Crippen molar-refractivity contribution in [1.82, 2.24) is 5.32 Å². The van der Waals surface area contributed by atoms with Gasteiger partial charge in [-0.1, -0.05) is 26.3 Å². The molecule has 3 unspecified atom stereocenters. The first-order chi connectivity index (χ1) is 8.67. The Morgan fingerprint density at radius 1 is 1.44 bits per heavy atom. The number of phenolic OH excluding ortho intramolecular Hbond substituents is 1. The number of nitrogens with one attached hydrogen (secondary N) is 1. The molecule has 1 aromatic carbocycles. The fraction of sp³-hybridized carbons (Fsp3) is 0.625. The third-order valence-electron chi connectivity index (χ3n) is 5.02. The van der Waals surface area contributed by atoms with E-state index < -0.39 is 0 Å². The van der Waals surface area contributed by atoms with E-state index in [0.717, 1.165) is 6.54 Å². The summed E-state index contributed by atoms with van der Waals surface area (Å²) < 4.78 is 0. The van der Waals surface area contributed by atoms with Crippen LogP contribution in [0.4, 0.5) is 0 Å². The van der Waals surface area contributed by atoms with Gasteiger partial charge in [0.15, 0.2) is 0 Å². The van der Waals surface area contributed by atoms with Crippen LogP contribution in [0.5, 0.6) is 5.75 Å². The highest BCUT2D eigenvalue weighted by Gasteiger charge is 2.48. The quantitative estimate of drug-likeness (QED) is 0.838. The molecule has 1 fully saturated rings. The van der Waals surface area contributed by atoms with Gasteiger partial charge in [0.2, 0.25) is 0 Å². The number of rotatable bonds is 2. The maximum atomic E-state index is 9.86. The van der Waals surface area contributed by atoms with Gasteiger partial charge in [0, 0.05) is 11.5 Å². The maximum Gasteiger partial charge on any atom is 0.115 e. The van der Waals surface area contributed by atoms with Crippen molar-refractivity contribution in [3.05, 3.63) is 29.3 Å². The van der Waals surface area contributed by atoms with Crippen molar-refractivity contribution in [3.63, 3.8) is 0 Å². The van der Waals surface area contributed by atoms with Gasteiger partial charge in [0.1, 0.15) is 5.75 Å². The molecule has 18 heavy (non-hydrogen) atoms. The molecule has 0 saturated carbocycles. The van der Waals surface area contributed by atoms with Crippen molar-refractivity contribution in [3.8, 4) is 5.75 Å². The molecule has 3 rings (SSSR count). The third kappa shape index (κ3) is 1.58. The van der Waals surface area contributed by atoms with Crippen LogP contribution in [0.15, 0.2) is 18.2 Å². The molecule has 98 valence electrons. The second-order valence-electron chi connectivity index (χ2n) is 6.07. The number of hydrogen-bond donors (Lipinski definition) is 2. The molecule has 1 saturated heterocycles. The fourth-order valence-electron chi connectivity index (χ4n) is 4.24. The van der Waals surface area contributed by atoms with Crippen molar-refractivity contribution >= 4 is 0 Å². The highest BCUT2D eigenvalue weighted by molar-refractivity contribution is 5.46. The lowest BCUT2D eigenvalue weighted by atomic mass is 9.62. The van der Waals surface area contributed by atoms with Gasteiger partial charge in [-0.05, 0) is 55.0 Å². The van der Waals surface area contributed by atoms with Crippen LogP contribution in [-0.4, -0.2) is 17.7 Å². The molecule has 2 nitrogen and oxygen atoms in total. The monoisotopic (exact) mass is 245 g/mol. The normalized spacial score (nSPS) is 34.1. The lowest BCUT2D eigenvalue weighted by molar-refractivity contribution is 0.286. The van der Waals surface area contributed by atoms with Gasteiger partial charge >= 0.3 is 0 Å². The van der Waals surface area contributed by atoms with Gasteiger partial charge in [0.05, 0.1) is 0 Å². The van der Waals surface area contributed by atoms with Crippen molar-refractivity contribution in [2.45, 2.75) is 56.9 Å². The minimum atomic E-state index is 0.273. The Kier molecular flexibility index (Phi) is 2.86. The number of aromatic hydroxyl groups is 1. The van der Waals surface area contributed by atoms with E-state index >= 15 is 0 Å². The van der Waals surface area contributed by atoms with Gasteiger partial charge in [-0.2, -0.15) is 0 Å². The van der Waals surface area contributed by atoms with Crippen LogP contribution < -0.4 is 5.32 Å². The van der Waals surface area contributed by atoms with E-state index in [9.17, 15) is 5.11 Å². The second-order valence-corrected chi connectivity index (χ2v) is 6.07. The van der Waals surface area contributed by atoms with Crippen LogP contribution >= 0.6 is 0 Å². The molecule has 1 heterocycles. The molecule has 3 atom stereocenters. The smallest absolute Gasteiger partial charge is 0.115 e. The molecule has 1 aliphatic heterocycles. The van der Waals surface area contributed by atoms with Gasteiger partial charge in [-0.25, -0.2) is 0 Å². The molecular weight excluding hydrogens is 222 g/mol. The summed E-state index contributed by atoms with van der Waals surface area (Å²) in [5.41, 5.74) is 3.15. The molecule has 0 spiro atoms. The lowest BCUT2D eigenvalue weighted by Crippen LogP contribution is -2.45. The number of benzene rings is 1. The van der Waals surface area contributed by atoms with Crippen molar-refractivity contribution in [1.29, 1.82) is 0 Å². The summed E-state index contributed by atoms with van der Waals surface area (Å²) in [7, 11) is 0. The molecule has 1 aromatic rings. The van der Waals surface area contributed by atoms with Crippen LogP contribution in [0.1, 0.15) is 56.6 Å². The van der Waals surface area contributed by atoms with Gasteiger partial charge in [0.25, 0.3) is 0 Å². The summed E-state index contributed by atoms with van der Waals surface area (Å²) in [4.78, 5) is 0. The van der Waals surface area contributed by atoms with E-state index in [4.69, 9.17) is 0 Å². The van der Waals surface area contributed by atoms with E-state index in [-0.39, 0.29) is 5.41 Å². The van der Waals surface area contributed by atoms with Crippen LogP contribution in [0.3, 0.4) is 0 Å². The topological polar surface area (TPSA) is 32.3 Å². The summed E-state index contributed by atoms with van der Waals surface area (Å²) >= 11 is 0. The van der Waals surface area contributed by atoms with Crippen LogP contribution in [0, 0.1) is 0 Å². The number of fused-ring (bicyclic) bond motifs is 3.